The molecule has 0 amide bonds. The van der Waals surface area contributed by atoms with E-state index in [-0.39, 0.29) is 0 Å². The van der Waals surface area contributed by atoms with Gasteiger partial charge < -0.3 is 0 Å². The molecule has 0 aromatic heterocycles. The highest BCUT2D eigenvalue weighted by atomic mass is 28.3. The van der Waals surface area contributed by atoms with Gasteiger partial charge in [-0.15, -0.1) is 5.11 Å². The zero-order valence-electron chi connectivity index (χ0n) is 13.5. The smallest absolute Gasteiger partial charge is 0.179 e. The lowest BCUT2D eigenvalue weighted by molar-refractivity contribution is 0.998. The van der Waals surface area contributed by atoms with E-state index >= 15 is 0 Å². The first-order chi connectivity index (χ1) is 9.86. The lowest BCUT2D eigenvalue weighted by Gasteiger charge is -2.30. The fourth-order valence-corrected chi connectivity index (χ4v) is 3.20. The quantitative estimate of drug-likeness (QED) is 0.407. The molecule has 0 heterocycles. The minimum absolute atomic E-state index is 0.885. The molecule has 0 saturated carbocycles. The van der Waals surface area contributed by atoms with Crippen molar-refractivity contribution in [2.24, 2.45) is 10.3 Å². The predicted octanol–water partition coefficient (Wildman–Crippen LogP) is 5.64. The molecule has 0 fully saturated rings. The van der Waals surface area contributed by atoms with Gasteiger partial charge in [0.2, 0.25) is 0 Å². The molecule has 0 bridgehead atoms. The van der Waals surface area contributed by atoms with Gasteiger partial charge >= 0.3 is 0 Å². The molecule has 2 aromatic carbocycles. The van der Waals surface area contributed by atoms with Crippen LogP contribution in [0.5, 0.6) is 0 Å². The van der Waals surface area contributed by atoms with Crippen LogP contribution in [-0.4, -0.2) is 8.24 Å². The van der Waals surface area contributed by atoms with Crippen LogP contribution in [0, 0.1) is 13.8 Å². The number of hydrogen-bond acceptors (Lipinski definition) is 2. The zero-order chi connectivity index (χ0) is 15.5. The maximum absolute atomic E-state index is 4.51. The lowest BCUT2D eigenvalue weighted by atomic mass is 10.2. The summed E-state index contributed by atoms with van der Waals surface area (Å²) in [5.74, 6) is 0. The van der Waals surface area contributed by atoms with E-state index in [1.54, 1.807) is 0 Å². The topological polar surface area (TPSA) is 28.0 Å². The highest BCUT2D eigenvalue weighted by Crippen LogP contribution is 2.24. The molecule has 0 aliphatic rings. The van der Waals surface area contributed by atoms with E-state index in [1.807, 2.05) is 12.1 Å². The SMILES string of the molecule is Cc1ccc(N=NN(c2ccc(C)cc2)[Si](C)(C)C)cc1. The molecular formula is C17H23N3Si. The Kier molecular flexibility index (Phi) is 4.58. The molecule has 0 radical (unpaired) electrons. The molecule has 0 aliphatic heterocycles. The van der Waals surface area contributed by atoms with Crippen molar-refractivity contribution in [3.8, 4) is 0 Å². The van der Waals surface area contributed by atoms with Crippen LogP contribution in [0.15, 0.2) is 58.9 Å². The average molecular weight is 297 g/mol. The van der Waals surface area contributed by atoms with Gasteiger partial charge in [-0.3, -0.25) is 4.67 Å². The van der Waals surface area contributed by atoms with E-state index < -0.39 is 8.24 Å². The first-order valence-electron chi connectivity index (χ1n) is 7.21. The normalized spacial score (nSPS) is 11.9. The molecule has 2 aromatic rings. The Morgan fingerprint density at radius 2 is 1.24 bits per heavy atom. The van der Waals surface area contributed by atoms with Crippen molar-refractivity contribution in [3.05, 3.63) is 59.7 Å². The predicted molar refractivity (Wildman–Crippen MR) is 92.7 cm³/mol. The van der Waals surface area contributed by atoms with Gasteiger partial charge in [-0.25, -0.2) is 0 Å². The highest BCUT2D eigenvalue weighted by molar-refractivity contribution is 6.79. The second kappa shape index (κ2) is 6.22. The Morgan fingerprint density at radius 3 is 1.71 bits per heavy atom. The molecule has 4 heteroatoms. The molecular weight excluding hydrogens is 274 g/mol. The van der Waals surface area contributed by atoms with Crippen molar-refractivity contribution in [1.29, 1.82) is 0 Å². The standard InChI is InChI=1S/C17H23N3Si/c1-14-6-10-16(11-7-14)18-19-20(21(3,4)5)17-12-8-15(2)9-13-17/h6-13H,1-5H3. The summed E-state index contributed by atoms with van der Waals surface area (Å²) >= 11 is 0. The van der Waals surface area contributed by atoms with Crippen molar-refractivity contribution >= 4 is 19.6 Å². The highest BCUT2D eigenvalue weighted by Gasteiger charge is 2.24. The molecule has 0 unspecified atom stereocenters. The molecule has 0 saturated heterocycles. The van der Waals surface area contributed by atoms with E-state index in [1.165, 1.54) is 11.1 Å². The Hall–Kier alpha value is -1.94. The van der Waals surface area contributed by atoms with Crippen LogP contribution in [0.4, 0.5) is 11.4 Å². The van der Waals surface area contributed by atoms with Crippen LogP contribution in [0.2, 0.25) is 19.6 Å². The van der Waals surface area contributed by atoms with Gasteiger partial charge in [0, 0.05) is 0 Å². The maximum Gasteiger partial charge on any atom is 0.179 e. The van der Waals surface area contributed by atoms with Crippen molar-refractivity contribution < 1.29 is 0 Å². The number of aryl methyl sites for hydroxylation is 2. The van der Waals surface area contributed by atoms with E-state index in [4.69, 9.17) is 0 Å². The first kappa shape index (κ1) is 15.4. The molecule has 0 atom stereocenters. The zero-order valence-corrected chi connectivity index (χ0v) is 14.5. The Labute approximate surface area is 128 Å². The second-order valence-electron chi connectivity index (χ2n) is 6.34. The number of anilines is 1. The third-order valence-electron chi connectivity index (χ3n) is 3.20. The number of benzene rings is 2. The third kappa shape index (κ3) is 4.26. The molecule has 0 aliphatic carbocycles. The van der Waals surface area contributed by atoms with E-state index in [9.17, 15) is 0 Å². The van der Waals surface area contributed by atoms with Crippen molar-refractivity contribution in [2.45, 2.75) is 33.5 Å². The summed E-state index contributed by atoms with van der Waals surface area (Å²) in [7, 11) is -1.64. The molecule has 110 valence electrons. The van der Waals surface area contributed by atoms with Crippen LogP contribution in [0.3, 0.4) is 0 Å². The Morgan fingerprint density at radius 1 is 0.762 bits per heavy atom. The second-order valence-corrected chi connectivity index (χ2v) is 11.1. The third-order valence-corrected chi connectivity index (χ3v) is 4.82. The van der Waals surface area contributed by atoms with Crippen molar-refractivity contribution in [2.75, 3.05) is 4.67 Å². The van der Waals surface area contributed by atoms with Crippen LogP contribution < -0.4 is 4.67 Å². The Balaban J connectivity index is 2.29. The summed E-state index contributed by atoms with van der Waals surface area (Å²) in [6.07, 6.45) is 0. The summed E-state index contributed by atoms with van der Waals surface area (Å²) in [6, 6.07) is 16.6. The van der Waals surface area contributed by atoms with Gasteiger partial charge in [0.05, 0.1) is 11.4 Å². The summed E-state index contributed by atoms with van der Waals surface area (Å²) in [5, 5.41) is 8.91. The average Bonchev–Trinajstić information content (AvgIpc) is 2.42. The summed E-state index contributed by atoms with van der Waals surface area (Å²) in [6.45, 7) is 11.0. The van der Waals surface area contributed by atoms with Crippen LogP contribution >= 0.6 is 0 Å². The minimum Gasteiger partial charge on any atom is -0.277 e. The molecule has 0 spiro atoms. The van der Waals surface area contributed by atoms with Gasteiger partial charge in [-0.1, -0.05) is 40.6 Å². The summed E-state index contributed by atoms with van der Waals surface area (Å²) < 4.78 is 2.09. The first-order valence-corrected chi connectivity index (χ1v) is 10.7. The van der Waals surface area contributed by atoms with Gasteiger partial charge in [-0.05, 0) is 57.8 Å². The summed E-state index contributed by atoms with van der Waals surface area (Å²) in [5.41, 5.74) is 4.48. The fraction of sp³-hybridized carbons (Fsp3) is 0.294. The minimum atomic E-state index is -1.64. The molecule has 3 nitrogen and oxygen atoms in total. The van der Waals surface area contributed by atoms with Crippen LogP contribution in [0.1, 0.15) is 11.1 Å². The van der Waals surface area contributed by atoms with E-state index in [2.05, 4.69) is 84.9 Å². The largest absolute Gasteiger partial charge is 0.277 e. The number of rotatable bonds is 4. The van der Waals surface area contributed by atoms with Crippen molar-refractivity contribution in [1.82, 2.24) is 0 Å². The van der Waals surface area contributed by atoms with Crippen LogP contribution in [-0.2, 0) is 0 Å². The van der Waals surface area contributed by atoms with Crippen LogP contribution in [0.25, 0.3) is 0 Å². The molecule has 21 heavy (non-hydrogen) atoms. The molecule has 2 rings (SSSR count). The van der Waals surface area contributed by atoms with E-state index in [0.29, 0.717) is 0 Å². The Bertz CT molecular complexity index is 610. The van der Waals surface area contributed by atoms with Gasteiger partial charge in [0.1, 0.15) is 0 Å². The maximum atomic E-state index is 4.51. The number of nitrogens with zero attached hydrogens (tertiary/aromatic N) is 3. The number of hydrogen-bond donors (Lipinski definition) is 0. The monoisotopic (exact) mass is 297 g/mol. The van der Waals surface area contributed by atoms with E-state index in [0.717, 1.165) is 11.4 Å². The van der Waals surface area contributed by atoms with Gasteiger partial charge in [0.15, 0.2) is 8.24 Å². The van der Waals surface area contributed by atoms with Crippen molar-refractivity contribution in [3.63, 3.8) is 0 Å². The lowest BCUT2D eigenvalue weighted by Crippen LogP contribution is -2.42. The fourth-order valence-electron chi connectivity index (χ4n) is 1.97. The summed E-state index contributed by atoms with van der Waals surface area (Å²) in [4.78, 5) is 0. The van der Waals surface area contributed by atoms with Gasteiger partial charge in [-0.2, -0.15) is 0 Å². The van der Waals surface area contributed by atoms with Gasteiger partial charge in [0.25, 0.3) is 0 Å². The molecule has 0 N–H and O–H groups in total.